The Labute approximate surface area is 277 Å². The highest BCUT2D eigenvalue weighted by molar-refractivity contribution is 14.1. The minimum atomic E-state index is -1.83. The average molecular weight is 718 g/mol. The molecule has 0 aliphatic heterocycles. The maximum Gasteiger partial charge on any atom is 0.339 e. The Hall–Kier alpha value is -4.31. The van der Waals surface area contributed by atoms with Crippen molar-refractivity contribution in [2.45, 2.75) is 32.2 Å². The Bertz CT molecular complexity index is 1580. The molecule has 0 heterocycles. The van der Waals surface area contributed by atoms with Gasteiger partial charge in [-0.25, -0.2) is 9.59 Å². The number of benzene rings is 4. The van der Waals surface area contributed by atoms with Gasteiger partial charge < -0.3 is 14.2 Å². The molecule has 4 rings (SSSR count). The zero-order valence-corrected chi connectivity index (χ0v) is 27.7. The van der Waals surface area contributed by atoms with Gasteiger partial charge in [-0.2, -0.15) is 0 Å². The number of halogens is 1. The van der Waals surface area contributed by atoms with Crippen LogP contribution in [0.4, 0.5) is 0 Å². The van der Waals surface area contributed by atoms with Gasteiger partial charge in [-0.15, -0.1) is 0 Å². The van der Waals surface area contributed by atoms with Gasteiger partial charge in [-0.3, -0.25) is 9.79 Å². The summed E-state index contributed by atoms with van der Waals surface area (Å²) >= 11 is 2.07. The molecule has 0 aliphatic rings. The van der Waals surface area contributed by atoms with Gasteiger partial charge in [0.1, 0.15) is 18.6 Å². The number of hydrogen-bond donors (Lipinski definition) is 0. The lowest BCUT2D eigenvalue weighted by Gasteiger charge is -2.44. The summed E-state index contributed by atoms with van der Waals surface area (Å²) in [6, 6.07) is 35.1. The van der Waals surface area contributed by atoms with E-state index in [9.17, 15) is 14.4 Å². The highest BCUT2D eigenvalue weighted by Gasteiger charge is 2.62. The largest absolute Gasteiger partial charge is 0.467 e. The van der Waals surface area contributed by atoms with Gasteiger partial charge >= 0.3 is 17.9 Å². The molecule has 0 unspecified atom stereocenters. The first kappa shape index (κ1) is 33.6. The molecule has 0 fully saturated rings. The van der Waals surface area contributed by atoms with Crippen molar-refractivity contribution in [1.29, 1.82) is 0 Å². The third-order valence-corrected chi connectivity index (χ3v) is 8.92. The molecule has 4 aromatic rings. The van der Waals surface area contributed by atoms with Crippen molar-refractivity contribution < 1.29 is 28.6 Å². The summed E-state index contributed by atoms with van der Waals surface area (Å²) < 4.78 is 17.5. The lowest BCUT2D eigenvalue weighted by atomic mass is 9.62. The summed E-state index contributed by atoms with van der Waals surface area (Å²) in [6.45, 7) is 3.32. The van der Waals surface area contributed by atoms with Crippen LogP contribution in [0.15, 0.2) is 120 Å². The Balaban J connectivity index is 1.83. The predicted molar refractivity (Wildman–Crippen MR) is 182 cm³/mol. The number of esters is 3. The van der Waals surface area contributed by atoms with Crippen LogP contribution in [0.5, 0.6) is 0 Å². The second kappa shape index (κ2) is 15.6. The number of hydrogen-bond acceptors (Lipinski definition) is 7. The molecule has 1 atom stereocenters. The van der Waals surface area contributed by atoms with E-state index >= 15 is 0 Å². The van der Waals surface area contributed by atoms with E-state index in [0.29, 0.717) is 16.8 Å². The minimum absolute atomic E-state index is 0.155. The maximum atomic E-state index is 14.3. The van der Waals surface area contributed by atoms with E-state index in [1.807, 2.05) is 92.7 Å². The van der Waals surface area contributed by atoms with Crippen molar-refractivity contribution in [3.63, 3.8) is 0 Å². The van der Waals surface area contributed by atoms with Crippen LogP contribution in [0.1, 0.15) is 53.7 Å². The first-order valence-electron chi connectivity index (χ1n) is 14.8. The normalized spacial score (nSPS) is 12.4. The second-order valence-electron chi connectivity index (χ2n) is 10.3. The van der Waals surface area contributed by atoms with E-state index < -0.39 is 28.9 Å². The summed E-state index contributed by atoms with van der Waals surface area (Å²) in [4.78, 5) is 46.6. The first-order chi connectivity index (χ1) is 21.8. The number of carbonyl (C=O) groups is 3. The summed E-state index contributed by atoms with van der Waals surface area (Å²) in [5.41, 5.74) is -0.341. The number of nitrogens with zero attached hydrogens (tertiary/aromatic N) is 1. The van der Waals surface area contributed by atoms with Crippen LogP contribution in [0.2, 0.25) is 0 Å². The number of carbonyl (C=O) groups excluding carboxylic acids is 3. The van der Waals surface area contributed by atoms with Gasteiger partial charge in [0.05, 0.1) is 18.4 Å². The van der Waals surface area contributed by atoms with Crippen LogP contribution in [-0.4, -0.2) is 43.9 Å². The van der Waals surface area contributed by atoms with Crippen molar-refractivity contribution in [2.24, 2.45) is 10.4 Å². The van der Waals surface area contributed by atoms with Crippen LogP contribution in [-0.2, 0) is 29.3 Å². The van der Waals surface area contributed by atoms with Crippen molar-refractivity contribution in [3.8, 4) is 0 Å². The van der Waals surface area contributed by atoms with E-state index in [1.54, 1.807) is 36.4 Å². The van der Waals surface area contributed by atoms with Crippen LogP contribution >= 0.6 is 22.6 Å². The zero-order chi connectivity index (χ0) is 32.3. The fourth-order valence-electron chi connectivity index (χ4n) is 5.60. The summed E-state index contributed by atoms with van der Waals surface area (Å²) in [7, 11) is 1.30. The number of ether oxygens (including phenoxy) is 3. The Morgan fingerprint density at radius 2 is 1.16 bits per heavy atom. The predicted octanol–water partition coefficient (Wildman–Crippen LogP) is 7.40. The van der Waals surface area contributed by atoms with Crippen molar-refractivity contribution in [3.05, 3.63) is 141 Å². The molecule has 0 N–H and O–H groups in total. The van der Waals surface area contributed by atoms with Gasteiger partial charge in [-0.05, 0) is 53.1 Å². The Kier molecular flexibility index (Phi) is 11.6. The van der Waals surface area contributed by atoms with Crippen LogP contribution < -0.4 is 0 Å². The number of aliphatic imine (C=N–C) groups is 1. The fourth-order valence-corrected chi connectivity index (χ4v) is 6.21. The lowest BCUT2D eigenvalue weighted by Crippen LogP contribution is -2.56. The van der Waals surface area contributed by atoms with E-state index in [4.69, 9.17) is 19.2 Å². The average Bonchev–Trinajstić information content (AvgIpc) is 3.09. The van der Waals surface area contributed by atoms with Crippen LogP contribution in [0.3, 0.4) is 0 Å². The van der Waals surface area contributed by atoms with Crippen LogP contribution in [0, 0.1) is 8.99 Å². The highest BCUT2D eigenvalue weighted by atomic mass is 127. The number of rotatable bonds is 13. The molecule has 8 heteroatoms. The topological polar surface area (TPSA) is 91.3 Å². The molecular formula is C37H36INO6. The molecule has 0 amide bonds. The number of methoxy groups -OCH3 is 1. The molecule has 232 valence electrons. The first-order valence-corrected chi connectivity index (χ1v) is 15.9. The molecular weight excluding hydrogens is 681 g/mol. The van der Waals surface area contributed by atoms with Gasteiger partial charge in [0.25, 0.3) is 0 Å². The van der Waals surface area contributed by atoms with E-state index in [2.05, 4.69) is 22.6 Å². The molecule has 45 heavy (non-hydrogen) atoms. The summed E-state index contributed by atoms with van der Waals surface area (Å²) in [5, 5.41) is 0. The molecule has 4 aromatic carbocycles. The van der Waals surface area contributed by atoms with Crippen molar-refractivity contribution in [1.82, 2.24) is 0 Å². The Morgan fingerprint density at radius 3 is 1.67 bits per heavy atom. The lowest BCUT2D eigenvalue weighted by molar-refractivity contribution is -0.173. The summed E-state index contributed by atoms with van der Waals surface area (Å²) in [5.74, 6) is -1.85. The van der Waals surface area contributed by atoms with E-state index in [0.717, 1.165) is 14.7 Å². The van der Waals surface area contributed by atoms with E-state index in [-0.39, 0.29) is 26.1 Å². The Morgan fingerprint density at radius 1 is 0.667 bits per heavy atom. The fraction of sp³-hybridized carbons (Fsp3) is 0.243. The van der Waals surface area contributed by atoms with Crippen molar-refractivity contribution in [2.75, 3.05) is 20.3 Å². The molecule has 0 bridgehead atoms. The molecule has 0 aromatic heterocycles. The molecule has 0 aliphatic carbocycles. The third-order valence-electron chi connectivity index (χ3n) is 7.98. The van der Waals surface area contributed by atoms with E-state index in [1.165, 1.54) is 7.11 Å². The standard InChI is InChI=1S/C37H36INO6/c1-4-36(5-2,34(41)45-26-25-44-33(40)30-23-15-16-24-31(30)38)37(35(42)43-3,29-21-13-8-14-22-29)39-32(27-17-9-6-10-18-27)28-19-11-7-12-20-28/h6-24H,4-5,25-26H2,1-3H3/t37-/m1/s1. The third kappa shape index (κ3) is 7.01. The molecule has 0 saturated heterocycles. The SMILES string of the molecule is CCC(CC)(C(=O)OCCOC(=O)c1ccccc1I)[C@](N=C(c1ccccc1)c1ccccc1)(C(=O)OC)c1ccccc1. The maximum absolute atomic E-state index is 14.3. The molecule has 0 radical (unpaired) electrons. The van der Waals surface area contributed by atoms with Gasteiger partial charge in [0.2, 0.25) is 0 Å². The second-order valence-corrected chi connectivity index (χ2v) is 11.5. The van der Waals surface area contributed by atoms with Gasteiger partial charge in [0.15, 0.2) is 5.54 Å². The van der Waals surface area contributed by atoms with Crippen molar-refractivity contribution >= 4 is 46.2 Å². The quantitative estimate of drug-likeness (QED) is 0.0471. The van der Waals surface area contributed by atoms with Gasteiger partial charge in [-0.1, -0.05) is 117 Å². The highest BCUT2D eigenvalue weighted by Crippen LogP contribution is 2.51. The zero-order valence-electron chi connectivity index (χ0n) is 25.6. The van der Waals surface area contributed by atoms with Gasteiger partial charge in [0, 0.05) is 14.7 Å². The summed E-state index contributed by atoms with van der Waals surface area (Å²) in [6.07, 6.45) is 0.406. The molecule has 0 saturated carbocycles. The monoisotopic (exact) mass is 717 g/mol. The minimum Gasteiger partial charge on any atom is -0.467 e. The molecule has 7 nitrogen and oxygen atoms in total. The van der Waals surface area contributed by atoms with Crippen LogP contribution in [0.25, 0.3) is 0 Å². The smallest absolute Gasteiger partial charge is 0.339 e. The molecule has 0 spiro atoms.